The molecule has 0 aromatic heterocycles. The maximum atomic E-state index is 13.0. The van der Waals surface area contributed by atoms with E-state index in [-0.39, 0.29) is 30.2 Å². The van der Waals surface area contributed by atoms with Crippen molar-refractivity contribution >= 4 is 35.6 Å². The molecular formula is C14H20Cl2FN3O. The van der Waals surface area contributed by atoms with Gasteiger partial charge in [0.2, 0.25) is 5.91 Å². The van der Waals surface area contributed by atoms with Crippen molar-refractivity contribution in [3.63, 3.8) is 0 Å². The van der Waals surface area contributed by atoms with Crippen LogP contribution in [-0.4, -0.2) is 43.0 Å². The molecule has 1 heterocycles. The minimum Gasteiger partial charge on any atom is -0.367 e. The predicted octanol–water partition coefficient (Wildman–Crippen LogP) is 2.29. The van der Waals surface area contributed by atoms with Gasteiger partial charge in [0.1, 0.15) is 5.82 Å². The molecule has 0 aliphatic carbocycles. The first-order valence-corrected chi connectivity index (χ1v) is 7.08. The third kappa shape index (κ3) is 4.73. The molecule has 21 heavy (non-hydrogen) atoms. The second-order valence-corrected chi connectivity index (χ2v) is 5.55. The lowest BCUT2D eigenvalue weighted by molar-refractivity contribution is -0.131. The number of carbonyl (C=O) groups is 1. The van der Waals surface area contributed by atoms with E-state index in [0.717, 1.165) is 5.69 Å². The topological polar surface area (TPSA) is 49.6 Å². The summed E-state index contributed by atoms with van der Waals surface area (Å²) in [5, 5.41) is 0.403. The van der Waals surface area contributed by atoms with Crippen LogP contribution in [0, 0.1) is 5.82 Å². The molecule has 0 saturated carbocycles. The van der Waals surface area contributed by atoms with Crippen LogP contribution < -0.4 is 10.6 Å². The standard InChI is InChI=1S/C14H19ClFN3O.ClH/c1-10(17)8-14(20)19-6-4-18(5-7-19)13-3-2-11(16)9-12(13)15;/h2-3,9-10H,4-8,17H2,1H3;1H. The molecule has 2 N–H and O–H groups in total. The van der Waals surface area contributed by atoms with Crippen molar-refractivity contribution < 1.29 is 9.18 Å². The third-order valence-electron chi connectivity index (χ3n) is 3.38. The maximum Gasteiger partial charge on any atom is 0.224 e. The molecule has 1 aliphatic rings. The van der Waals surface area contributed by atoms with E-state index in [1.807, 2.05) is 11.8 Å². The average molecular weight is 336 g/mol. The summed E-state index contributed by atoms with van der Waals surface area (Å²) in [7, 11) is 0. The van der Waals surface area contributed by atoms with Gasteiger partial charge in [0, 0.05) is 38.6 Å². The number of hydrogen-bond donors (Lipinski definition) is 1. The van der Waals surface area contributed by atoms with Gasteiger partial charge >= 0.3 is 0 Å². The first-order chi connectivity index (χ1) is 9.47. The van der Waals surface area contributed by atoms with Crippen molar-refractivity contribution in [2.75, 3.05) is 31.1 Å². The molecule has 2 rings (SSSR count). The summed E-state index contributed by atoms with van der Waals surface area (Å²) >= 11 is 6.05. The van der Waals surface area contributed by atoms with Gasteiger partial charge in [-0.3, -0.25) is 4.79 Å². The van der Waals surface area contributed by atoms with E-state index in [2.05, 4.69) is 4.90 Å². The quantitative estimate of drug-likeness (QED) is 0.921. The minimum absolute atomic E-state index is 0. The fraction of sp³-hybridized carbons (Fsp3) is 0.500. The van der Waals surface area contributed by atoms with Crippen LogP contribution in [0.25, 0.3) is 0 Å². The molecule has 1 atom stereocenters. The summed E-state index contributed by atoms with van der Waals surface area (Å²) in [6.45, 7) is 4.48. The molecule has 1 aliphatic heterocycles. The Hall–Kier alpha value is -1.04. The van der Waals surface area contributed by atoms with E-state index in [0.29, 0.717) is 37.6 Å². The zero-order chi connectivity index (χ0) is 14.7. The Bertz CT molecular complexity index is 491. The zero-order valence-corrected chi connectivity index (χ0v) is 13.5. The molecule has 0 spiro atoms. The van der Waals surface area contributed by atoms with E-state index in [9.17, 15) is 9.18 Å². The van der Waals surface area contributed by atoms with E-state index in [4.69, 9.17) is 17.3 Å². The van der Waals surface area contributed by atoms with Crippen LogP contribution in [-0.2, 0) is 4.79 Å². The van der Waals surface area contributed by atoms with Gasteiger partial charge in [-0.2, -0.15) is 0 Å². The second kappa shape index (κ2) is 7.82. The fourth-order valence-corrected chi connectivity index (χ4v) is 2.63. The summed E-state index contributed by atoms with van der Waals surface area (Å²) in [4.78, 5) is 15.8. The molecule has 1 saturated heterocycles. The molecule has 1 aromatic rings. The number of halogens is 3. The Labute approximate surface area is 135 Å². The van der Waals surface area contributed by atoms with Gasteiger partial charge < -0.3 is 15.5 Å². The van der Waals surface area contributed by atoms with Crippen molar-refractivity contribution in [1.29, 1.82) is 0 Å². The van der Waals surface area contributed by atoms with Crippen LogP contribution in [0.15, 0.2) is 18.2 Å². The van der Waals surface area contributed by atoms with Gasteiger partial charge in [0.25, 0.3) is 0 Å². The lowest BCUT2D eigenvalue weighted by Gasteiger charge is -2.36. The summed E-state index contributed by atoms with van der Waals surface area (Å²) in [6.07, 6.45) is 0.372. The first kappa shape index (κ1) is 18.0. The number of anilines is 1. The molecule has 0 bridgehead atoms. The third-order valence-corrected chi connectivity index (χ3v) is 3.68. The normalized spacial score (nSPS) is 16.4. The highest BCUT2D eigenvalue weighted by Crippen LogP contribution is 2.27. The predicted molar refractivity (Wildman–Crippen MR) is 85.7 cm³/mol. The van der Waals surface area contributed by atoms with Crippen LogP contribution in [0.2, 0.25) is 5.02 Å². The van der Waals surface area contributed by atoms with Crippen molar-refractivity contribution in [3.8, 4) is 0 Å². The van der Waals surface area contributed by atoms with Crippen LogP contribution in [0.1, 0.15) is 13.3 Å². The fourth-order valence-electron chi connectivity index (χ4n) is 2.34. The monoisotopic (exact) mass is 335 g/mol. The number of piperazine rings is 1. The molecule has 1 amide bonds. The smallest absolute Gasteiger partial charge is 0.224 e. The van der Waals surface area contributed by atoms with Gasteiger partial charge in [-0.25, -0.2) is 4.39 Å². The highest BCUT2D eigenvalue weighted by molar-refractivity contribution is 6.33. The molecular weight excluding hydrogens is 316 g/mol. The summed E-state index contributed by atoms with van der Waals surface area (Å²) in [5.74, 6) is -0.255. The van der Waals surface area contributed by atoms with E-state index >= 15 is 0 Å². The number of carbonyl (C=O) groups excluding carboxylic acids is 1. The van der Waals surface area contributed by atoms with Gasteiger partial charge in [0.05, 0.1) is 10.7 Å². The number of rotatable bonds is 3. The number of nitrogens with zero attached hydrogens (tertiary/aromatic N) is 2. The molecule has 0 radical (unpaired) electrons. The van der Waals surface area contributed by atoms with Gasteiger partial charge in [0.15, 0.2) is 0 Å². The summed E-state index contributed by atoms with van der Waals surface area (Å²) in [6, 6.07) is 4.27. The van der Waals surface area contributed by atoms with Gasteiger partial charge in [-0.15, -0.1) is 12.4 Å². The van der Waals surface area contributed by atoms with Crippen molar-refractivity contribution in [2.45, 2.75) is 19.4 Å². The summed E-state index contributed by atoms with van der Waals surface area (Å²) in [5.41, 5.74) is 6.45. The summed E-state index contributed by atoms with van der Waals surface area (Å²) < 4.78 is 13.0. The zero-order valence-electron chi connectivity index (χ0n) is 11.9. The molecule has 4 nitrogen and oxygen atoms in total. The lowest BCUT2D eigenvalue weighted by atomic mass is 10.2. The Balaban J connectivity index is 0.00000220. The molecule has 118 valence electrons. The lowest BCUT2D eigenvalue weighted by Crippen LogP contribution is -2.49. The van der Waals surface area contributed by atoms with Gasteiger partial charge in [-0.1, -0.05) is 11.6 Å². The minimum atomic E-state index is -0.343. The maximum absolute atomic E-state index is 13.0. The number of hydrogen-bond acceptors (Lipinski definition) is 3. The molecule has 1 aromatic carbocycles. The Morgan fingerprint density at radius 1 is 1.38 bits per heavy atom. The van der Waals surface area contributed by atoms with E-state index in [1.165, 1.54) is 12.1 Å². The molecule has 7 heteroatoms. The molecule has 1 unspecified atom stereocenters. The van der Waals surface area contributed by atoms with E-state index in [1.54, 1.807) is 6.07 Å². The SMILES string of the molecule is CC(N)CC(=O)N1CCN(c2ccc(F)cc2Cl)CC1.Cl. The van der Waals surface area contributed by atoms with Crippen LogP contribution in [0.4, 0.5) is 10.1 Å². The van der Waals surface area contributed by atoms with Crippen molar-refractivity contribution in [2.24, 2.45) is 5.73 Å². The van der Waals surface area contributed by atoms with E-state index < -0.39 is 0 Å². The van der Waals surface area contributed by atoms with Crippen molar-refractivity contribution in [1.82, 2.24) is 4.90 Å². The van der Waals surface area contributed by atoms with Crippen LogP contribution in [0.5, 0.6) is 0 Å². The highest BCUT2D eigenvalue weighted by Gasteiger charge is 2.22. The number of nitrogens with two attached hydrogens (primary N) is 1. The van der Waals surface area contributed by atoms with Gasteiger partial charge in [-0.05, 0) is 25.1 Å². The Morgan fingerprint density at radius 2 is 2.00 bits per heavy atom. The highest BCUT2D eigenvalue weighted by atomic mass is 35.5. The second-order valence-electron chi connectivity index (χ2n) is 5.14. The number of amides is 1. The van der Waals surface area contributed by atoms with Crippen LogP contribution >= 0.6 is 24.0 Å². The molecule has 1 fully saturated rings. The first-order valence-electron chi connectivity index (χ1n) is 6.70. The Morgan fingerprint density at radius 3 is 2.52 bits per heavy atom. The largest absolute Gasteiger partial charge is 0.367 e. The Kier molecular flexibility index (Phi) is 6.71. The van der Waals surface area contributed by atoms with Crippen molar-refractivity contribution in [3.05, 3.63) is 29.0 Å². The van der Waals surface area contributed by atoms with Crippen LogP contribution in [0.3, 0.4) is 0 Å². The average Bonchev–Trinajstić information content (AvgIpc) is 2.38. The number of benzene rings is 1.